The van der Waals surface area contributed by atoms with Crippen LogP contribution in [0.15, 0.2) is 30.5 Å². The molecule has 2 saturated heterocycles. The molecular weight excluding hydrogens is 336 g/mol. The maximum Gasteiger partial charge on any atom is 0.253 e. The van der Waals surface area contributed by atoms with E-state index in [1.807, 2.05) is 29.2 Å². The normalized spacial score (nSPS) is 20.9. The summed E-state index contributed by atoms with van der Waals surface area (Å²) in [7, 11) is 0. The highest BCUT2D eigenvalue weighted by Crippen LogP contribution is 2.31. The number of likely N-dealkylation sites (tertiary alicyclic amines) is 1. The quantitative estimate of drug-likeness (QED) is 0.910. The van der Waals surface area contributed by atoms with Crippen LogP contribution in [0.3, 0.4) is 0 Å². The molecule has 2 aliphatic heterocycles. The van der Waals surface area contributed by atoms with E-state index in [9.17, 15) is 4.79 Å². The Kier molecular flexibility index (Phi) is 4.66. The van der Waals surface area contributed by atoms with Crippen LogP contribution in [-0.2, 0) is 0 Å². The van der Waals surface area contributed by atoms with Crippen molar-refractivity contribution < 1.29 is 4.79 Å². The number of amides is 1. The molecule has 3 heterocycles. The zero-order valence-corrected chi connectivity index (χ0v) is 15.0. The van der Waals surface area contributed by atoms with Crippen LogP contribution in [0, 0.1) is 0 Å². The molecule has 0 aliphatic carbocycles. The van der Waals surface area contributed by atoms with Crippen molar-refractivity contribution >= 4 is 23.2 Å². The molecule has 1 atom stereocenters. The second-order valence-electron chi connectivity index (χ2n) is 6.96. The third kappa shape index (κ3) is 3.38. The van der Waals surface area contributed by atoms with E-state index in [-0.39, 0.29) is 5.91 Å². The van der Waals surface area contributed by atoms with Crippen LogP contribution in [0.5, 0.6) is 0 Å². The highest BCUT2D eigenvalue weighted by molar-refractivity contribution is 6.33. The van der Waals surface area contributed by atoms with Crippen molar-refractivity contribution in [2.75, 3.05) is 31.1 Å². The number of carbonyl (C=O) groups excluding carboxylic acids is 1. The molecule has 5 nitrogen and oxygen atoms in total. The smallest absolute Gasteiger partial charge is 0.253 e. The number of H-pyrrole nitrogens is 1. The summed E-state index contributed by atoms with van der Waals surface area (Å²) in [5.41, 5.74) is 2.84. The fraction of sp³-hybridized carbons (Fsp3) is 0.474. The second-order valence-corrected chi connectivity index (χ2v) is 7.37. The lowest BCUT2D eigenvalue weighted by Gasteiger charge is -2.32. The van der Waals surface area contributed by atoms with Gasteiger partial charge >= 0.3 is 0 Å². The standard InChI is InChI=1S/C19H23ClN4O/c20-16-12-14(5-6-18(16)23-9-1-2-10-23)19(25)24-11-3-4-15(13-24)17-7-8-21-22-17/h5-8,12,15H,1-4,9-11,13H2,(H,21,22). The maximum atomic E-state index is 12.9. The highest BCUT2D eigenvalue weighted by Gasteiger charge is 2.27. The van der Waals surface area contributed by atoms with Crippen LogP contribution in [0.4, 0.5) is 5.69 Å². The summed E-state index contributed by atoms with van der Waals surface area (Å²) < 4.78 is 0. The molecule has 1 N–H and O–H groups in total. The monoisotopic (exact) mass is 358 g/mol. The van der Waals surface area contributed by atoms with Gasteiger partial charge < -0.3 is 9.80 Å². The molecule has 132 valence electrons. The molecule has 25 heavy (non-hydrogen) atoms. The van der Waals surface area contributed by atoms with Gasteiger partial charge in [-0.2, -0.15) is 5.10 Å². The van der Waals surface area contributed by atoms with E-state index in [1.165, 1.54) is 12.8 Å². The molecule has 4 rings (SSSR count). The van der Waals surface area contributed by atoms with E-state index in [0.29, 0.717) is 16.5 Å². The molecule has 2 aliphatic rings. The third-order valence-electron chi connectivity index (χ3n) is 5.31. The van der Waals surface area contributed by atoms with Gasteiger partial charge in [0, 0.05) is 49.6 Å². The van der Waals surface area contributed by atoms with Gasteiger partial charge in [0.2, 0.25) is 0 Å². The number of aromatic amines is 1. The zero-order valence-electron chi connectivity index (χ0n) is 14.2. The minimum absolute atomic E-state index is 0.0686. The van der Waals surface area contributed by atoms with Crippen molar-refractivity contribution in [1.29, 1.82) is 0 Å². The van der Waals surface area contributed by atoms with Crippen molar-refractivity contribution in [2.24, 2.45) is 0 Å². The minimum atomic E-state index is 0.0686. The van der Waals surface area contributed by atoms with Crippen molar-refractivity contribution in [3.8, 4) is 0 Å². The second kappa shape index (κ2) is 7.08. The van der Waals surface area contributed by atoms with Gasteiger partial charge in [0.25, 0.3) is 5.91 Å². The largest absolute Gasteiger partial charge is 0.370 e. The number of rotatable bonds is 3. The summed E-state index contributed by atoms with van der Waals surface area (Å²) in [6.07, 6.45) is 6.28. The summed E-state index contributed by atoms with van der Waals surface area (Å²) in [6.45, 7) is 3.62. The van der Waals surface area contributed by atoms with Crippen LogP contribution in [0.2, 0.25) is 5.02 Å². The molecule has 1 unspecified atom stereocenters. The van der Waals surface area contributed by atoms with Gasteiger partial charge in [0.05, 0.1) is 10.7 Å². The number of hydrogen-bond donors (Lipinski definition) is 1. The molecule has 2 aromatic rings. The minimum Gasteiger partial charge on any atom is -0.370 e. The molecule has 0 radical (unpaired) electrons. The summed E-state index contributed by atoms with van der Waals surface area (Å²) in [5.74, 6) is 0.402. The Morgan fingerprint density at radius 3 is 2.72 bits per heavy atom. The van der Waals surface area contributed by atoms with Crippen LogP contribution in [0.1, 0.15) is 47.7 Å². The van der Waals surface area contributed by atoms with Crippen molar-refractivity contribution in [3.63, 3.8) is 0 Å². The average Bonchev–Trinajstić information content (AvgIpc) is 3.35. The van der Waals surface area contributed by atoms with Crippen molar-refractivity contribution in [1.82, 2.24) is 15.1 Å². The molecule has 0 spiro atoms. The predicted molar refractivity (Wildman–Crippen MR) is 99.4 cm³/mol. The number of benzene rings is 1. The lowest BCUT2D eigenvalue weighted by molar-refractivity contribution is 0.0706. The van der Waals surface area contributed by atoms with Gasteiger partial charge in [-0.1, -0.05) is 11.6 Å². The van der Waals surface area contributed by atoms with Gasteiger partial charge in [-0.05, 0) is 49.9 Å². The van der Waals surface area contributed by atoms with Crippen LogP contribution in [-0.4, -0.2) is 47.2 Å². The molecular formula is C19H23ClN4O. The van der Waals surface area contributed by atoms with Gasteiger partial charge in [-0.25, -0.2) is 0 Å². The Balaban J connectivity index is 1.49. The topological polar surface area (TPSA) is 52.2 Å². The summed E-state index contributed by atoms with van der Waals surface area (Å²) in [6, 6.07) is 7.75. The Morgan fingerprint density at radius 2 is 2.00 bits per heavy atom. The summed E-state index contributed by atoms with van der Waals surface area (Å²) >= 11 is 6.48. The first kappa shape index (κ1) is 16.5. The van der Waals surface area contributed by atoms with E-state index >= 15 is 0 Å². The Bertz CT molecular complexity index is 740. The highest BCUT2D eigenvalue weighted by atomic mass is 35.5. The fourth-order valence-corrected chi connectivity index (χ4v) is 4.25. The van der Waals surface area contributed by atoms with E-state index in [0.717, 1.165) is 50.4 Å². The predicted octanol–water partition coefficient (Wildman–Crippen LogP) is 3.68. The van der Waals surface area contributed by atoms with Gasteiger partial charge in [0.15, 0.2) is 0 Å². The molecule has 0 saturated carbocycles. The van der Waals surface area contributed by atoms with Crippen LogP contribution < -0.4 is 4.90 Å². The Morgan fingerprint density at radius 1 is 1.16 bits per heavy atom. The maximum absolute atomic E-state index is 12.9. The average molecular weight is 359 g/mol. The van der Waals surface area contributed by atoms with Gasteiger partial charge in [-0.3, -0.25) is 9.89 Å². The zero-order chi connectivity index (χ0) is 17.2. The molecule has 0 bridgehead atoms. The first-order valence-corrected chi connectivity index (χ1v) is 9.43. The first-order chi connectivity index (χ1) is 12.2. The Labute approximate surface area is 153 Å². The number of aromatic nitrogens is 2. The summed E-state index contributed by atoms with van der Waals surface area (Å²) in [5, 5.41) is 7.75. The number of nitrogens with zero attached hydrogens (tertiary/aromatic N) is 3. The van der Waals surface area contributed by atoms with E-state index in [1.54, 1.807) is 6.20 Å². The van der Waals surface area contributed by atoms with Crippen molar-refractivity contribution in [2.45, 2.75) is 31.6 Å². The molecule has 6 heteroatoms. The Hall–Kier alpha value is -2.01. The number of hydrogen-bond acceptors (Lipinski definition) is 3. The fourth-order valence-electron chi connectivity index (χ4n) is 3.95. The van der Waals surface area contributed by atoms with Gasteiger partial charge in [-0.15, -0.1) is 0 Å². The lowest BCUT2D eigenvalue weighted by atomic mass is 9.94. The summed E-state index contributed by atoms with van der Waals surface area (Å²) in [4.78, 5) is 17.2. The molecule has 1 amide bonds. The van der Waals surface area contributed by atoms with Crippen LogP contribution >= 0.6 is 11.6 Å². The SMILES string of the molecule is O=C(c1ccc(N2CCCC2)c(Cl)c1)N1CCCC(c2ccn[nH]2)C1. The number of halogens is 1. The molecule has 1 aromatic carbocycles. The van der Waals surface area contributed by atoms with E-state index in [4.69, 9.17) is 11.6 Å². The number of piperidine rings is 1. The van der Waals surface area contributed by atoms with E-state index < -0.39 is 0 Å². The molecule has 1 aromatic heterocycles. The number of anilines is 1. The lowest BCUT2D eigenvalue weighted by Crippen LogP contribution is -2.39. The number of carbonyl (C=O) groups is 1. The number of nitrogens with one attached hydrogen (secondary N) is 1. The molecule has 2 fully saturated rings. The van der Waals surface area contributed by atoms with Gasteiger partial charge in [0.1, 0.15) is 0 Å². The first-order valence-electron chi connectivity index (χ1n) is 9.05. The van der Waals surface area contributed by atoms with Crippen molar-refractivity contribution in [3.05, 3.63) is 46.7 Å². The van der Waals surface area contributed by atoms with E-state index in [2.05, 4.69) is 15.1 Å². The third-order valence-corrected chi connectivity index (χ3v) is 5.61. The van der Waals surface area contributed by atoms with Crippen LogP contribution in [0.25, 0.3) is 0 Å².